The second kappa shape index (κ2) is 5.20. The first-order chi connectivity index (χ1) is 9.34. The average molecular weight is 271 g/mol. The molecule has 0 amide bonds. The number of anilines is 1. The third-order valence-electron chi connectivity index (χ3n) is 2.81. The summed E-state index contributed by atoms with van der Waals surface area (Å²) in [7, 11) is 0. The van der Waals surface area contributed by atoms with E-state index < -0.39 is 0 Å². The van der Waals surface area contributed by atoms with Gasteiger partial charge in [0.1, 0.15) is 12.1 Å². The molecule has 1 N–H and O–H groups in total. The van der Waals surface area contributed by atoms with Crippen molar-refractivity contribution in [2.24, 2.45) is 0 Å². The highest BCUT2D eigenvalue weighted by atomic mass is 35.5. The number of nitrogens with zero attached hydrogens (tertiary/aromatic N) is 3. The van der Waals surface area contributed by atoms with Crippen LogP contribution in [-0.4, -0.2) is 15.0 Å². The van der Waals surface area contributed by atoms with E-state index in [9.17, 15) is 0 Å². The number of benzene rings is 1. The van der Waals surface area contributed by atoms with E-state index >= 15 is 0 Å². The van der Waals surface area contributed by atoms with Gasteiger partial charge in [-0.15, -0.1) is 0 Å². The van der Waals surface area contributed by atoms with Crippen molar-refractivity contribution in [1.82, 2.24) is 15.0 Å². The number of pyridine rings is 1. The van der Waals surface area contributed by atoms with Crippen LogP contribution in [0.25, 0.3) is 11.0 Å². The molecule has 19 heavy (non-hydrogen) atoms. The minimum absolute atomic E-state index is 0.612. The van der Waals surface area contributed by atoms with Gasteiger partial charge in [0.2, 0.25) is 0 Å². The Morgan fingerprint density at radius 2 is 1.89 bits per heavy atom. The van der Waals surface area contributed by atoms with Crippen LogP contribution in [0.5, 0.6) is 0 Å². The standard InChI is InChI=1S/C14H11ClN4/c15-12-6-2-1-4-10(12)8-17-14-11-5-3-7-16-13(11)18-9-19-14/h1-7,9H,8H2,(H,16,17,18,19). The van der Waals surface area contributed by atoms with Gasteiger partial charge in [-0.2, -0.15) is 0 Å². The van der Waals surface area contributed by atoms with Crippen molar-refractivity contribution in [2.75, 3.05) is 5.32 Å². The molecule has 2 heterocycles. The van der Waals surface area contributed by atoms with E-state index in [2.05, 4.69) is 20.3 Å². The van der Waals surface area contributed by atoms with E-state index in [1.807, 2.05) is 36.4 Å². The summed E-state index contributed by atoms with van der Waals surface area (Å²) in [4.78, 5) is 12.6. The molecule has 0 aliphatic carbocycles. The fourth-order valence-corrected chi connectivity index (χ4v) is 2.06. The van der Waals surface area contributed by atoms with Crippen molar-refractivity contribution >= 4 is 28.5 Å². The molecule has 0 radical (unpaired) electrons. The van der Waals surface area contributed by atoms with Gasteiger partial charge >= 0.3 is 0 Å². The number of aromatic nitrogens is 3. The van der Waals surface area contributed by atoms with E-state index in [0.717, 1.165) is 21.8 Å². The predicted octanol–water partition coefficient (Wildman–Crippen LogP) is 3.29. The molecule has 3 rings (SSSR count). The number of halogens is 1. The molecule has 0 unspecified atom stereocenters. The fourth-order valence-electron chi connectivity index (χ4n) is 1.86. The molecule has 0 aliphatic heterocycles. The topological polar surface area (TPSA) is 50.7 Å². The van der Waals surface area contributed by atoms with Gasteiger partial charge in [0.05, 0.1) is 5.39 Å². The second-order valence-electron chi connectivity index (χ2n) is 4.04. The summed E-state index contributed by atoms with van der Waals surface area (Å²) in [5.74, 6) is 0.762. The quantitative estimate of drug-likeness (QED) is 0.793. The van der Waals surface area contributed by atoms with Crippen molar-refractivity contribution < 1.29 is 0 Å². The third-order valence-corrected chi connectivity index (χ3v) is 3.18. The number of rotatable bonds is 3. The summed E-state index contributed by atoms with van der Waals surface area (Å²) in [5, 5.41) is 4.91. The maximum Gasteiger partial charge on any atom is 0.164 e. The van der Waals surface area contributed by atoms with Crippen LogP contribution >= 0.6 is 11.6 Å². The summed E-state index contributed by atoms with van der Waals surface area (Å²) in [6, 6.07) is 11.5. The zero-order chi connectivity index (χ0) is 13.1. The van der Waals surface area contributed by atoms with Crippen LogP contribution in [0.15, 0.2) is 48.9 Å². The fraction of sp³-hybridized carbons (Fsp3) is 0.0714. The monoisotopic (exact) mass is 270 g/mol. The zero-order valence-corrected chi connectivity index (χ0v) is 10.8. The SMILES string of the molecule is Clc1ccccc1CNc1ncnc2ncccc12. The Kier molecular flexibility index (Phi) is 3.25. The smallest absolute Gasteiger partial charge is 0.164 e. The molecule has 0 saturated carbocycles. The van der Waals surface area contributed by atoms with E-state index in [-0.39, 0.29) is 0 Å². The summed E-state index contributed by atoms with van der Waals surface area (Å²) in [5.41, 5.74) is 1.71. The average Bonchev–Trinajstić information content (AvgIpc) is 2.46. The Morgan fingerprint density at radius 1 is 1.00 bits per heavy atom. The lowest BCUT2D eigenvalue weighted by atomic mass is 10.2. The third kappa shape index (κ3) is 2.48. The number of nitrogens with one attached hydrogen (secondary N) is 1. The van der Waals surface area contributed by atoms with Gasteiger partial charge in [0.25, 0.3) is 0 Å². The molecule has 5 heteroatoms. The van der Waals surface area contributed by atoms with Gasteiger partial charge in [-0.1, -0.05) is 29.8 Å². The van der Waals surface area contributed by atoms with Crippen molar-refractivity contribution in [3.63, 3.8) is 0 Å². The maximum absolute atomic E-state index is 6.12. The van der Waals surface area contributed by atoms with Gasteiger partial charge in [0.15, 0.2) is 5.65 Å². The summed E-state index contributed by atoms with van der Waals surface area (Å²) < 4.78 is 0. The summed E-state index contributed by atoms with van der Waals surface area (Å²) >= 11 is 6.12. The zero-order valence-electron chi connectivity index (χ0n) is 10.0. The molecule has 0 spiro atoms. The van der Waals surface area contributed by atoms with Crippen LogP contribution in [-0.2, 0) is 6.54 Å². The number of hydrogen-bond acceptors (Lipinski definition) is 4. The van der Waals surface area contributed by atoms with Crippen LogP contribution in [0.3, 0.4) is 0 Å². The van der Waals surface area contributed by atoms with Gasteiger partial charge in [-0.25, -0.2) is 15.0 Å². The van der Waals surface area contributed by atoms with E-state index in [1.165, 1.54) is 6.33 Å². The van der Waals surface area contributed by atoms with Crippen LogP contribution in [0.4, 0.5) is 5.82 Å². The van der Waals surface area contributed by atoms with Gasteiger partial charge in [-0.3, -0.25) is 0 Å². The molecular formula is C14H11ClN4. The lowest BCUT2D eigenvalue weighted by Gasteiger charge is -2.08. The second-order valence-corrected chi connectivity index (χ2v) is 4.45. The summed E-state index contributed by atoms with van der Waals surface area (Å²) in [6.07, 6.45) is 3.22. The highest BCUT2D eigenvalue weighted by molar-refractivity contribution is 6.31. The van der Waals surface area contributed by atoms with Gasteiger partial charge < -0.3 is 5.32 Å². The van der Waals surface area contributed by atoms with Crippen molar-refractivity contribution in [1.29, 1.82) is 0 Å². The molecule has 4 nitrogen and oxygen atoms in total. The van der Waals surface area contributed by atoms with Crippen LogP contribution in [0, 0.1) is 0 Å². The highest BCUT2D eigenvalue weighted by Crippen LogP contribution is 2.20. The molecule has 3 aromatic rings. The molecule has 0 aliphatic rings. The largest absolute Gasteiger partial charge is 0.365 e. The summed E-state index contributed by atoms with van der Waals surface area (Å²) in [6.45, 7) is 0.612. The molecule has 2 aromatic heterocycles. The Balaban J connectivity index is 1.88. The Hall–Kier alpha value is -2.20. The molecule has 1 aromatic carbocycles. The molecule has 0 bridgehead atoms. The van der Waals surface area contributed by atoms with Crippen LogP contribution in [0.1, 0.15) is 5.56 Å². The lowest BCUT2D eigenvalue weighted by molar-refractivity contribution is 1.09. The van der Waals surface area contributed by atoms with Crippen molar-refractivity contribution in [3.05, 3.63) is 59.5 Å². The van der Waals surface area contributed by atoms with E-state index in [4.69, 9.17) is 11.6 Å². The van der Waals surface area contributed by atoms with Crippen LogP contribution in [0.2, 0.25) is 5.02 Å². The Morgan fingerprint density at radius 3 is 2.79 bits per heavy atom. The first-order valence-electron chi connectivity index (χ1n) is 5.87. The minimum Gasteiger partial charge on any atom is -0.365 e. The predicted molar refractivity (Wildman–Crippen MR) is 76.1 cm³/mol. The van der Waals surface area contributed by atoms with Gasteiger partial charge in [0, 0.05) is 17.8 Å². The maximum atomic E-state index is 6.12. The van der Waals surface area contributed by atoms with E-state index in [1.54, 1.807) is 6.20 Å². The first kappa shape index (κ1) is 11.9. The molecule has 0 saturated heterocycles. The molecular weight excluding hydrogens is 260 g/mol. The normalized spacial score (nSPS) is 10.6. The molecule has 94 valence electrons. The first-order valence-corrected chi connectivity index (χ1v) is 6.25. The van der Waals surface area contributed by atoms with Crippen molar-refractivity contribution in [3.8, 4) is 0 Å². The Labute approximate surface area is 115 Å². The van der Waals surface area contributed by atoms with Crippen LogP contribution < -0.4 is 5.32 Å². The molecule has 0 fully saturated rings. The highest BCUT2D eigenvalue weighted by Gasteiger charge is 2.04. The van der Waals surface area contributed by atoms with Crippen molar-refractivity contribution in [2.45, 2.75) is 6.54 Å². The minimum atomic E-state index is 0.612. The molecule has 0 atom stereocenters. The number of hydrogen-bond donors (Lipinski definition) is 1. The van der Waals surface area contributed by atoms with Gasteiger partial charge in [-0.05, 0) is 23.8 Å². The lowest BCUT2D eigenvalue weighted by Crippen LogP contribution is -2.03. The Bertz CT molecular complexity index is 709. The number of fused-ring (bicyclic) bond motifs is 1. The van der Waals surface area contributed by atoms with E-state index in [0.29, 0.717) is 12.2 Å².